The van der Waals surface area contributed by atoms with E-state index in [-0.39, 0.29) is 24.8 Å². The van der Waals surface area contributed by atoms with Crippen LogP contribution >= 0.6 is 37.4 Å². The Morgan fingerprint density at radius 3 is 1.50 bits per heavy atom. The molecule has 0 aromatic rings. The quantitative estimate of drug-likeness (QED) is 0.542. The van der Waals surface area contributed by atoms with Crippen LogP contribution < -0.4 is 0 Å². The first-order valence-corrected chi connectivity index (χ1v) is 2.16. The fourth-order valence-corrected chi connectivity index (χ4v) is 0. The van der Waals surface area contributed by atoms with Gasteiger partial charge < -0.3 is 0 Å². The molecule has 0 atom stereocenters. The van der Waals surface area contributed by atoms with Crippen molar-refractivity contribution in [1.82, 2.24) is 0 Å². The largest absolute Gasteiger partial charge is 0.179 e. The smallest absolute Gasteiger partial charge is 0.0101 e. The van der Waals surface area contributed by atoms with Crippen molar-refractivity contribution in [3.63, 3.8) is 0 Å². The van der Waals surface area contributed by atoms with Crippen LogP contribution in [0, 0.1) is 0 Å². The predicted molar refractivity (Wildman–Crippen MR) is 38.6 cm³/mol. The Balaban J connectivity index is -0.0000000450. The summed E-state index contributed by atoms with van der Waals surface area (Å²) in [5.41, 5.74) is 0. The first-order chi connectivity index (χ1) is 1.91. The number of hydrogen-bond donors (Lipinski definition) is 1. The van der Waals surface area contributed by atoms with Gasteiger partial charge in [0.15, 0.2) is 0 Å². The number of hydrogen-bond acceptors (Lipinski definition) is 1. The van der Waals surface area contributed by atoms with Crippen LogP contribution in [0.3, 0.4) is 0 Å². The summed E-state index contributed by atoms with van der Waals surface area (Å²) in [5.74, 6) is 1.01. The molecule has 0 saturated heterocycles. The average molecular weight is 149 g/mol. The van der Waals surface area contributed by atoms with Gasteiger partial charge in [0.1, 0.15) is 0 Å². The molecule has 0 aliphatic heterocycles. The van der Waals surface area contributed by atoms with Gasteiger partial charge in [0.05, 0.1) is 0 Å². The van der Waals surface area contributed by atoms with Crippen molar-refractivity contribution in [3.8, 4) is 0 Å². The zero-order valence-corrected chi connectivity index (χ0v) is 6.21. The summed E-state index contributed by atoms with van der Waals surface area (Å²) in [4.78, 5) is 0. The summed E-state index contributed by atoms with van der Waals surface area (Å²) in [5, 5.41) is 0. The topological polar surface area (TPSA) is 0 Å². The lowest BCUT2D eigenvalue weighted by Gasteiger charge is -1.67. The minimum absolute atomic E-state index is 0. The molecule has 6 heavy (non-hydrogen) atoms. The molecule has 0 aromatic carbocycles. The average Bonchev–Trinajstić information content (AvgIpc) is 1.37. The van der Waals surface area contributed by atoms with Crippen LogP contribution in [0.4, 0.5) is 0 Å². The highest BCUT2D eigenvalue weighted by atomic mass is 35.5. The van der Waals surface area contributed by atoms with Crippen molar-refractivity contribution in [2.45, 2.75) is 13.3 Å². The molecule has 3 heteroatoms. The van der Waals surface area contributed by atoms with Crippen molar-refractivity contribution < 1.29 is 0 Å². The molecule has 0 unspecified atom stereocenters. The van der Waals surface area contributed by atoms with Gasteiger partial charge >= 0.3 is 0 Å². The van der Waals surface area contributed by atoms with E-state index in [9.17, 15) is 0 Å². The molecule has 0 rings (SSSR count). The van der Waals surface area contributed by atoms with Crippen molar-refractivity contribution in [2.24, 2.45) is 0 Å². The zero-order valence-electron chi connectivity index (χ0n) is 3.68. The fraction of sp³-hybridized carbons (Fsp3) is 1.00. The van der Waals surface area contributed by atoms with Gasteiger partial charge in [-0.25, -0.2) is 0 Å². The molecule has 0 bridgehead atoms. The second-order valence-corrected chi connectivity index (χ2v) is 1.17. The Morgan fingerprint density at radius 1 is 1.33 bits per heavy atom. The first kappa shape index (κ1) is 15.8. The van der Waals surface area contributed by atoms with Crippen LogP contribution in [0.5, 0.6) is 0 Å². The highest BCUT2D eigenvalue weighted by Crippen LogP contribution is 1.74. The summed E-state index contributed by atoms with van der Waals surface area (Å²) in [6.07, 6.45) is 1.18. The van der Waals surface area contributed by atoms with Gasteiger partial charge in [-0.1, -0.05) is 6.92 Å². The lowest BCUT2D eigenvalue weighted by Crippen LogP contribution is -1.56. The highest BCUT2D eigenvalue weighted by Gasteiger charge is 1.57. The molecule has 0 N–H and O–H groups in total. The Bertz CT molecular complexity index is 10.8. The Kier molecular flexibility index (Phi) is 44.1. The molecule has 0 saturated carbocycles. The molecular formula is C3H10Cl2S. The molecule has 0 heterocycles. The molecule has 0 spiro atoms. The molecular weight excluding hydrogens is 139 g/mol. The van der Waals surface area contributed by atoms with Crippen molar-refractivity contribution in [3.05, 3.63) is 0 Å². The summed E-state index contributed by atoms with van der Waals surface area (Å²) < 4.78 is 0. The molecule has 0 aliphatic carbocycles. The third kappa shape index (κ3) is 20.4. The van der Waals surface area contributed by atoms with Crippen molar-refractivity contribution in [2.75, 3.05) is 5.75 Å². The normalized spacial score (nSPS) is 5.00. The summed E-state index contributed by atoms with van der Waals surface area (Å²) in [7, 11) is 0. The molecule has 0 amide bonds. The van der Waals surface area contributed by atoms with Crippen molar-refractivity contribution >= 4 is 37.4 Å². The lowest BCUT2D eigenvalue weighted by molar-refractivity contribution is 1.11. The lowest BCUT2D eigenvalue weighted by atomic mass is 10.6. The van der Waals surface area contributed by atoms with Crippen LogP contribution in [0.25, 0.3) is 0 Å². The van der Waals surface area contributed by atoms with E-state index >= 15 is 0 Å². The van der Waals surface area contributed by atoms with E-state index in [2.05, 4.69) is 19.6 Å². The fourth-order valence-electron chi connectivity index (χ4n) is 0. The van der Waals surface area contributed by atoms with Gasteiger partial charge in [0.25, 0.3) is 0 Å². The third-order valence-corrected chi connectivity index (χ3v) is 0.671. The van der Waals surface area contributed by atoms with Crippen LogP contribution in [-0.4, -0.2) is 5.75 Å². The van der Waals surface area contributed by atoms with Crippen LogP contribution in [0.15, 0.2) is 0 Å². The maximum Gasteiger partial charge on any atom is -0.0101 e. The molecule has 42 valence electrons. The van der Waals surface area contributed by atoms with Crippen LogP contribution in [0.1, 0.15) is 13.3 Å². The Morgan fingerprint density at radius 2 is 1.50 bits per heavy atom. The monoisotopic (exact) mass is 148 g/mol. The molecule has 0 aliphatic rings. The zero-order chi connectivity index (χ0) is 3.41. The molecule has 0 aromatic heterocycles. The van der Waals surface area contributed by atoms with E-state index in [1.165, 1.54) is 6.42 Å². The maximum absolute atomic E-state index is 3.92. The SMILES string of the molecule is CCCS.Cl.Cl. The van der Waals surface area contributed by atoms with Gasteiger partial charge in [-0.3, -0.25) is 0 Å². The van der Waals surface area contributed by atoms with Gasteiger partial charge in [-0.15, -0.1) is 24.8 Å². The summed E-state index contributed by atoms with van der Waals surface area (Å²) in [6, 6.07) is 0. The van der Waals surface area contributed by atoms with Crippen molar-refractivity contribution in [1.29, 1.82) is 0 Å². The molecule has 0 fully saturated rings. The number of thiol groups is 1. The maximum atomic E-state index is 3.92. The highest BCUT2D eigenvalue weighted by molar-refractivity contribution is 7.80. The summed E-state index contributed by atoms with van der Waals surface area (Å²) >= 11 is 3.92. The summed E-state index contributed by atoms with van der Waals surface area (Å²) in [6.45, 7) is 2.10. The predicted octanol–water partition coefficient (Wildman–Crippen LogP) is 2.17. The Labute approximate surface area is 56.9 Å². The molecule has 0 radical (unpaired) electrons. The van der Waals surface area contributed by atoms with E-state index in [1.807, 2.05) is 0 Å². The Hall–Kier alpha value is 0.930. The minimum atomic E-state index is 0. The van der Waals surface area contributed by atoms with Crippen LogP contribution in [0.2, 0.25) is 0 Å². The standard InChI is InChI=1S/C3H8S.2ClH/c1-2-3-4;;/h4H,2-3H2,1H3;2*1H. The van der Waals surface area contributed by atoms with Gasteiger partial charge in [-0.2, -0.15) is 12.6 Å². The van der Waals surface area contributed by atoms with E-state index in [0.29, 0.717) is 0 Å². The number of rotatable bonds is 1. The van der Waals surface area contributed by atoms with Gasteiger partial charge in [0.2, 0.25) is 0 Å². The molecule has 0 nitrogen and oxygen atoms in total. The van der Waals surface area contributed by atoms with E-state index in [4.69, 9.17) is 0 Å². The number of halogens is 2. The first-order valence-electron chi connectivity index (χ1n) is 1.52. The van der Waals surface area contributed by atoms with E-state index in [0.717, 1.165) is 5.75 Å². The third-order valence-electron chi connectivity index (χ3n) is 0.224. The minimum Gasteiger partial charge on any atom is -0.179 e. The van der Waals surface area contributed by atoms with E-state index in [1.54, 1.807) is 0 Å². The van der Waals surface area contributed by atoms with Gasteiger partial charge in [-0.05, 0) is 12.2 Å². The van der Waals surface area contributed by atoms with Gasteiger partial charge in [0, 0.05) is 0 Å². The second kappa shape index (κ2) is 16.8. The van der Waals surface area contributed by atoms with E-state index < -0.39 is 0 Å². The van der Waals surface area contributed by atoms with Crippen LogP contribution in [-0.2, 0) is 0 Å². The second-order valence-electron chi connectivity index (χ2n) is 0.724.